The van der Waals surface area contributed by atoms with Crippen LogP contribution >= 0.6 is 12.4 Å². The van der Waals surface area contributed by atoms with Crippen LogP contribution in [0.2, 0.25) is 0 Å². The first-order chi connectivity index (χ1) is 10.1. The minimum absolute atomic E-state index is 0. The van der Waals surface area contributed by atoms with Gasteiger partial charge in [0.25, 0.3) is 5.56 Å². The molecule has 1 aliphatic rings. The van der Waals surface area contributed by atoms with Crippen molar-refractivity contribution in [3.8, 4) is 5.69 Å². The molecule has 2 aromatic heterocycles. The average Bonchev–Trinajstić information content (AvgIpc) is 2.88. The maximum atomic E-state index is 12.0. The van der Waals surface area contributed by atoms with Gasteiger partial charge in [-0.1, -0.05) is 0 Å². The molecule has 3 N–H and O–H groups in total. The van der Waals surface area contributed by atoms with Crippen LogP contribution in [0.15, 0.2) is 35.4 Å². The molecule has 22 heavy (non-hydrogen) atoms. The van der Waals surface area contributed by atoms with Crippen LogP contribution in [-0.4, -0.2) is 26.8 Å². The molecule has 0 aromatic carbocycles. The predicted octanol–water partition coefficient (Wildman–Crippen LogP) is 1.65. The average molecular weight is 322 g/mol. The third kappa shape index (κ3) is 3.45. The number of hydrogen-bond acceptors (Lipinski definition) is 5. The topological polar surface area (TPSA) is 85.8 Å². The Kier molecular flexibility index (Phi) is 5.15. The number of nitrogens with one attached hydrogen (secondary N) is 1. The Morgan fingerprint density at radius 1 is 1.32 bits per heavy atom. The molecule has 6 nitrogen and oxygen atoms in total. The normalized spacial score (nSPS) is 20.5. The largest absolute Gasteiger partial charge is 0.367 e. The predicted molar refractivity (Wildman–Crippen MR) is 88.9 cm³/mol. The van der Waals surface area contributed by atoms with Gasteiger partial charge in [-0.05, 0) is 44.4 Å². The molecular weight excluding hydrogens is 302 g/mol. The molecule has 118 valence electrons. The Bertz CT molecular complexity index is 685. The lowest BCUT2D eigenvalue weighted by atomic mass is 10.2. The molecule has 0 bridgehead atoms. The number of aryl methyl sites for hydroxylation is 1. The highest BCUT2D eigenvalue weighted by Crippen LogP contribution is 2.21. The zero-order chi connectivity index (χ0) is 14.8. The minimum atomic E-state index is -0.123. The molecule has 2 aromatic rings. The molecule has 2 atom stereocenters. The highest BCUT2D eigenvalue weighted by molar-refractivity contribution is 5.85. The summed E-state index contributed by atoms with van der Waals surface area (Å²) in [6, 6.07) is 6.09. The number of hydrogen-bond donors (Lipinski definition) is 2. The molecule has 0 aliphatic heterocycles. The van der Waals surface area contributed by atoms with Gasteiger partial charge in [-0.25, -0.2) is 4.98 Å². The fraction of sp³-hybridized carbons (Fsp3) is 0.400. The quantitative estimate of drug-likeness (QED) is 0.897. The number of anilines is 1. The van der Waals surface area contributed by atoms with E-state index < -0.39 is 0 Å². The van der Waals surface area contributed by atoms with E-state index in [0.29, 0.717) is 17.3 Å². The van der Waals surface area contributed by atoms with Crippen LogP contribution in [0.25, 0.3) is 5.69 Å². The molecule has 1 aliphatic carbocycles. The van der Waals surface area contributed by atoms with E-state index in [0.717, 1.165) is 25.1 Å². The summed E-state index contributed by atoms with van der Waals surface area (Å²) in [5.74, 6) is 0.804. The second-order valence-corrected chi connectivity index (χ2v) is 5.55. The molecule has 0 unspecified atom stereocenters. The van der Waals surface area contributed by atoms with Crippen LogP contribution in [0.3, 0.4) is 0 Å². The fourth-order valence-corrected chi connectivity index (χ4v) is 2.64. The van der Waals surface area contributed by atoms with Gasteiger partial charge < -0.3 is 11.1 Å². The van der Waals surface area contributed by atoms with Crippen molar-refractivity contribution in [3.05, 3.63) is 46.5 Å². The van der Waals surface area contributed by atoms with E-state index in [1.165, 1.54) is 4.68 Å². The van der Waals surface area contributed by atoms with Gasteiger partial charge in [-0.15, -0.1) is 12.4 Å². The Balaban J connectivity index is 0.00000176. The van der Waals surface area contributed by atoms with Crippen LogP contribution in [-0.2, 0) is 0 Å². The highest BCUT2D eigenvalue weighted by atomic mass is 35.5. The number of pyridine rings is 1. The number of halogens is 1. The van der Waals surface area contributed by atoms with Crippen molar-refractivity contribution in [2.75, 3.05) is 5.32 Å². The van der Waals surface area contributed by atoms with Gasteiger partial charge in [0, 0.05) is 23.8 Å². The highest BCUT2D eigenvalue weighted by Gasteiger charge is 2.21. The Morgan fingerprint density at radius 3 is 2.77 bits per heavy atom. The number of nitrogens with zero attached hydrogens (tertiary/aromatic N) is 3. The van der Waals surface area contributed by atoms with E-state index in [2.05, 4.69) is 15.4 Å². The van der Waals surface area contributed by atoms with E-state index in [1.807, 2.05) is 12.1 Å². The third-order valence-electron chi connectivity index (χ3n) is 3.85. The molecule has 2 heterocycles. The zero-order valence-corrected chi connectivity index (χ0v) is 13.2. The Hall–Kier alpha value is -1.92. The first kappa shape index (κ1) is 16.5. The first-order valence-electron chi connectivity index (χ1n) is 7.17. The summed E-state index contributed by atoms with van der Waals surface area (Å²) in [5, 5.41) is 7.46. The van der Waals surface area contributed by atoms with Gasteiger partial charge in [0.1, 0.15) is 5.82 Å². The summed E-state index contributed by atoms with van der Waals surface area (Å²) in [6.45, 7) is 1.77. The van der Waals surface area contributed by atoms with E-state index in [1.54, 1.807) is 25.4 Å². The third-order valence-corrected chi connectivity index (χ3v) is 3.85. The molecule has 3 rings (SSSR count). The van der Waals surface area contributed by atoms with E-state index in [9.17, 15) is 4.79 Å². The van der Waals surface area contributed by atoms with Crippen LogP contribution in [0, 0.1) is 6.92 Å². The van der Waals surface area contributed by atoms with Crippen LogP contribution < -0.4 is 16.6 Å². The maximum Gasteiger partial charge on any atom is 0.274 e. The summed E-state index contributed by atoms with van der Waals surface area (Å²) in [4.78, 5) is 16.4. The van der Waals surface area contributed by atoms with E-state index in [-0.39, 0.29) is 24.0 Å². The zero-order valence-electron chi connectivity index (χ0n) is 12.4. The van der Waals surface area contributed by atoms with Crippen molar-refractivity contribution >= 4 is 18.2 Å². The standard InChI is InChI=1S/C15H19N5O.ClH/c1-10-6-7-18-20(15(10)21)13-4-5-14(17-9-13)19-12-3-2-11(16)8-12;/h4-7,9,11-12H,2-3,8,16H2,1H3,(H,17,19);1H/t11-,12-;/m0./s1. The molecule has 7 heteroatoms. The summed E-state index contributed by atoms with van der Waals surface area (Å²) in [7, 11) is 0. The van der Waals surface area contributed by atoms with Crippen molar-refractivity contribution in [3.63, 3.8) is 0 Å². The van der Waals surface area contributed by atoms with Crippen molar-refractivity contribution < 1.29 is 0 Å². The number of rotatable bonds is 3. The Morgan fingerprint density at radius 2 is 2.14 bits per heavy atom. The smallest absolute Gasteiger partial charge is 0.274 e. The van der Waals surface area contributed by atoms with E-state index in [4.69, 9.17) is 5.73 Å². The minimum Gasteiger partial charge on any atom is -0.367 e. The summed E-state index contributed by atoms with van der Waals surface area (Å²) in [6.07, 6.45) is 6.37. The molecule has 0 amide bonds. The SMILES string of the molecule is Cc1ccnn(-c2ccc(N[C@H]3CC[C@H](N)C3)nc2)c1=O.Cl. The van der Waals surface area contributed by atoms with Gasteiger partial charge in [0.2, 0.25) is 0 Å². The van der Waals surface area contributed by atoms with Gasteiger partial charge in [-0.2, -0.15) is 9.78 Å². The lowest BCUT2D eigenvalue weighted by Gasteiger charge is -2.13. The van der Waals surface area contributed by atoms with Gasteiger partial charge in [0.05, 0.1) is 11.9 Å². The first-order valence-corrected chi connectivity index (χ1v) is 7.17. The van der Waals surface area contributed by atoms with E-state index >= 15 is 0 Å². The lowest BCUT2D eigenvalue weighted by molar-refractivity contribution is 0.686. The number of nitrogens with two attached hydrogens (primary N) is 1. The lowest BCUT2D eigenvalue weighted by Crippen LogP contribution is -2.23. The van der Waals surface area contributed by atoms with Gasteiger partial charge in [-0.3, -0.25) is 4.79 Å². The van der Waals surface area contributed by atoms with Crippen molar-refractivity contribution in [1.82, 2.24) is 14.8 Å². The van der Waals surface area contributed by atoms with Crippen LogP contribution in [0.4, 0.5) is 5.82 Å². The van der Waals surface area contributed by atoms with Gasteiger partial charge in [0.15, 0.2) is 0 Å². The second kappa shape index (κ2) is 6.89. The molecule has 0 radical (unpaired) electrons. The second-order valence-electron chi connectivity index (χ2n) is 5.55. The monoisotopic (exact) mass is 321 g/mol. The molecule has 1 fully saturated rings. The molecule has 1 saturated carbocycles. The Labute approximate surface area is 135 Å². The summed E-state index contributed by atoms with van der Waals surface area (Å²) >= 11 is 0. The number of aromatic nitrogens is 3. The molecule has 0 saturated heterocycles. The van der Waals surface area contributed by atoms with Crippen LogP contribution in [0.1, 0.15) is 24.8 Å². The molecular formula is C15H20ClN5O. The van der Waals surface area contributed by atoms with Crippen molar-refractivity contribution in [1.29, 1.82) is 0 Å². The fourth-order valence-electron chi connectivity index (χ4n) is 2.64. The maximum absolute atomic E-state index is 12.0. The van der Waals surface area contributed by atoms with Crippen LogP contribution in [0.5, 0.6) is 0 Å². The van der Waals surface area contributed by atoms with Crippen molar-refractivity contribution in [2.45, 2.75) is 38.3 Å². The van der Waals surface area contributed by atoms with Gasteiger partial charge >= 0.3 is 0 Å². The van der Waals surface area contributed by atoms with Crippen molar-refractivity contribution in [2.24, 2.45) is 5.73 Å². The summed E-state index contributed by atoms with van der Waals surface area (Å²) in [5.41, 5.74) is 7.10. The summed E-state index contributed by atoms with van der Waals surface area (Å²) < 4.78 is 1.36. The molecule has 0 spiro atoms.